The van der Waals surface area contributed by atoms with Crippen molar-refractivity contribution in [2.75, 3.05) is 40.4 Å². The van der Waals surface area contributed by atoms with E-state index in [1.54, 1.807) is 0 Å². The number of carbonyl (C=O) groups excluding carboxylic acids is 1. The van der Waals surface area contributed by atoms with Crippen LogP contribution in [0.1, 0.15) is 6.42 Å². The van der Waals surface area contributed by atoms with Crippen LogP contribution in [0.4, 0.5) is 13.2 Å². The maximum atomic E-state index is 12.7. The summed E-state index contributed by atoms with van der Waals surface area (Å²) in [4.78, 5) is 12.3. The van der Waals surface area contributed by atoms with Gasteiger partial charge in [-0.1, -0.05) is 0 Å². The zero-order chi connectivity index (χ0) is 14.2. The second-order valence-electron chi connectivity index (χ2n) is 3.89. The topological polar surface area (TPSA) is 67.6 Å². The van der Waals surface area contributed by atoms with Crippen molar-refractivity contribution >= 4 is 5.91 Å². The number of nitrogens with zero attached hydrogens (tertiary/aromatic N) is 1. The molecule has 0 aliphatic heterocycles. The van der Waals surface area contributed by atoms with Gasteiger partial charge >= 0.3 is 6.18 Å². The first kappa shape index (κ1) is 17.1. The molecule has 0 aromatic rings. The van der Waals surface area contributed by atoms with Crippen LogP contribution in [-0.4, -0.2) is 63.4 Å². The Morgan fingerprint density at radius 2 is 2.11 bits per heavy atom. The first-order valence-corrected chi connectivity index (χ1v) is 5.55. The minimum atomic E-state index is -4.39. The van der Waals surface area contributed by atoms with Crippen LogP contribution >= 0.6 is 0 Å². The van der Waals surface area contributed by atoms with Crippen molar-refractivity contribution in [2.45, 2.75) is 18.6 Å². The van der Waals surface area contributed by atoms with Gasteiger partial charge in [0.25, 0.3) is 0 Å². The van der Waals surface area contributed by atoms with Crippen LogP contribution in [0.25, 0.3) is 0 Å². The van der Waals surface area contributed by atoms with Gasteiger partial charge in [0, 0.05) is 13.7 Å². The van der Waals surface area contributed by atoms with Crippen LogP contribution in [-0.2, 0) is 9.53 Å². The molecule has 0 aromatic carbocycles. The molecule has 1 unspecified atom stereocenters. The lowest BCUT2D eigenvalue weighted by Gasteiger charge is -2.29. The Labute approximate surface area is 104 Å². The normalized spacial score (nSPS) is 13.7. The van der Waals surface area contributed by atoms with Gasteiger partial charge in [0.15, 0.2) is 0 Å². The molecule has 0 rings (SSSR count). The van der Waals surface area contributed by atoms with Crippen LogP contribution in [0.2, 0.25) is 0 Å². The Bertz CT molecular complexity index is 249. The Kier molecular flexibility index (Phi) is 7.88. The van der Waals surface area contributed by atoms with Crippen LogP contribution in [0.15, 0.2) is 0 Å². The number of nitrogens with one attached hydrogen (secondary N) is 1. The van der Waals surface area contributed by atoms with Gasteiger partial charge in [0.2, 0.25) is 5.91 Å². The van der Waals surface area contributed by atoms with E-state index in [2.05, 4.69) is 5.32 Å². The van der Waals surface area contributed by atoms with Gasteiger partial charge in [-0.2, -0.15) is 13.2 Å². The van der Waals surface area contributed by atoms with Crippen molar-refractivity contribution in [3.05, 3.63) is 0 Å². The molecule has 8 heteroatoms. The first-order valence-electron chi connectivity index (χ1n) is 5.55. The minimum absolute atomic E-state index is 0.0835. The number of ether oxygens (including phenoxy) is 1. The van der Waals surface area contributed by atoms with Gasteiger partial charge in [-0.15, -0.1) is 0 Å². The molecule has 0 fully saturated rings. The zero-order valence-electron chi connectivity index (χ0n) is 10.6. The number of carbonyl (C=O) groups is 1. The predicted octanol–water partition coefficient (Wildman–Crippen LogP) is -0.0395. The van der Waals surface area contributed by atoms with Crippen molar-refractivity contribution in [3.63, 3.8) is 0 Å². The molecule has 18 heavy (non-hydrogen) atoms. The number of halogens is 3. The summed E-state index contributed by atoms with van der Waals surface area (Å²) >= 11 is 0. The minimum Gasteiger partial charge on any atom is -0.383 e. The van der Waals surface area contributed by atoms with Crippen molar-refractivity contribution in [2.24, 2.45) is 5.73 Å². The summed E-state index contributed by atoms with van der Waals surface area (Å²) in [7, 11) is 2.73. The van der Waals surface area contributed by atoms with Gasteiger partial charge < -0.3 is 15.8 Å². The monoisotopic (exact) mass is 271 g/mol. The van der Waals surface area contributed by atoms with E-state index in [0.29, 0.717) is 6.61 Å². The van der Waals surface area contributed by atoms with Gasteiger partial charge in [-0.25, -0.2) is 0 Å². The fourth-order valence-electron chi connectivity index (χ4n) is 1.48. The number of alkyl halides is 3. The summed E-state index contributed by atoms with van der Waals surface area (Å²) in [5.41, 5.74) is 5.15. The number of rotatable bonds is 8. The molecule has 1 amide bonds. The molecule has 0 aliphatic rings. The molecule has 0 aliphatic carbocycles. The Morgan fingerprint density at radius 1 is 1.50 bits per heavy atom. The van der Waals surface area contributed by atoms with E-state index in [4.69, 9.17) is 10.5 Å². The third-order valence-corrected chi connectivity index (χ3v) is 2.37. The third kappa shape index (κ3) is 6.77. The van der Waals surface area contributed by atoms with E-state index in [1.165, 1.54) is 14.2 Å². The smallest absolute Gasteiger partial charge is 0.383 e. The highest BCUT2D eigenvalue weighted by molar-refractivity contribution is 5.77. The lowest BCUT2D eigenvalue weighted by atomic mass is 10.1. The SMILES string of the molecule is COCCNC(=O)CN(C)C(CCN)C(F)(F)F. The summed E-state index contributed by atoms with van der Waals surface area (Å²) in [5, 5.41) is 2.46. The maximum absolute atomic E-state index is 12.7. The average Bonchev–Trinajstić information content (AvgIpc) is 2.24. The Hall–Kier alpha value is -0.860. The molecular formula is C10H20F3N3O2. The molecule has 0 heterocycles. The summed E-state index contributed by atoms with van der Waals surface area (Å²) in [6.45, 7) is 0.186. The number of amides is 1. The Balaban J connectivity index is 4.25. The highest BCUT2D eigenvalue weighted by atomic mass is 19.4. The van der Waals surface area contributed by atoms with Crippen molar-refractivity contribution < 1.29 is 22.7 Å². The molecule has 0 saturated carbocycles. The fourth-order valence-corrected chi connectivity index (χ4v) is 1.48. The highest BCUT2D eigenvalue weighted by Crippen LogP contribution is 2.25. The highest BCUT2D eigenvalue weighted by Gasteiger charge is 2.41. The van der Waals surface area contributed by atoms with Crippen molar-refractivity contribution in [1.29, 1.82) is 0 Å². The van der Waals surface area contributed by atoms with E-state index in [1.807, 2.05) is 0 Å². The lowest BCUT2D eigenvalue weighted by molar-refractivity contribution is -0.182. The molecule has 108 valence electrons. The number of methoxy groups -OCH3 is 1. The molecule has 0 spiro atoms. The van der Waals surface area contributed by atoms with E-state index in [0.717, 1.165) is 4.90 Å². The van der Waals surface area contributed by atoms with Crippen LogP contribution in [0.3, 0.4) is 0 Å². The summed E-state index contributed by atoms with van der Waals surface area (Å²) in [5.74, 6) is -0.471. The number of likely N-dealkylation sites (N-methyl/N-ethyl adjacent to an activating group) is 1. The Morgan fingerprint density at radius 3 is 2.56 bits per heavy atom. The molecule has 0 radical (unpaired) electrons. The predicted molar refractivity (Wildman–Crippen MR) is 61.0 cm³/mol. The van der Waals surface area contributed by atoms with Crippen molar-refractivity contribution in [1.82, 2.24) is 10.2 Å². The lowest BCUT2D eigenvalue weighted by Crippen LogP contribution is -2.48. The van der Waals surface area contributed by atoms with E-state index >= 15 is 0 Å². The molecule has 0 aromatic heterocycles. The average molecular weight is 271 g/mol. The van der Waals surface area contributed by atoms with Gasteiger partial charge in [-0.3, -0.25) is 9.69 Å². The van der Waals surface area contributed by atoms with Crippen molar-refractivity contribution in [3.8, 4) is 0 Å². The molecular weight excluding hydrogens is 251 g/mol. The first-order chi connectivity index (χ1) is 8.32. The zero-order valence-corrected chi connectivity index (χ0v) is 10.6. The molecule has 5 nitrogen and oxygen atoms in total. The number of hydrogen-bond donors (Lipinski definition) is 2. The molecule has 0 bridgehead atoms. The molecule has 3 N–H and O–H groups in total. The van der Waals surface area contributed by atoms with E-state index in [9.17, 15) is 18.0 Å². The maximum Gasteiger partial charge on any atom is 0.404 e. The second kappa shape index (κ2) is 8.28. The van der Waals surface area contributed by atoms with Crippen LogP contribution < -0.4 is 11.1 Å². The largest absolute Gasteiger partial charge is 0.404 e. The van der Waals surface area contributed by atoms with E-state index in [-0.39, 0.29) is 26.1 Å². The fraction of sp³-hybridized carbons (Fsp3) is 0.900. The number of hydrogen-bond acceptors (Lipinski definition) is 4. The number of nitrogens with two attached hydrogens (primary N) is 1. The van der Waals surface area contributed by atoms with Gasteiger partial charge in [0.05, 0.1) is 13.2 Å². The van der Waals surface area contributed by atoms with E-state index < -0.39 is 18.1 Å². The molecule has 1 atom stereocenters. The van der Waals surface area contributed by atoms with Gasteiger partial charge in [-0.05, 0) is 20.0 Å². The standard InChI is InChI=1S/C10H20F3N3O2/c1-16(7-9(17)15-5-6-18-2)8(3-4-14)10(11,12)13/h8H,3-7,14H2,1-2H3,(H,15,17). The quantitative estimate of drug-likeness (QED) is 0.608. The van der Waals surface area contributed by atoms with Crippen LogP contribution in [0, 0.1) is 0 Å². The summed E-state index contributed by atoms with van der Waals surface area (Å²) in [6, 6.07) is -1.70. The van der Waals surface area contributed by atoms with Gasteiger partial charge in [0.1, 0.15) is 6.04 Å². The van der Waals surface area contributed by atoms with Crippen LogP contribution in [0.5, 0.6) is 0 Å². The summed E-state index contributed by atoms with van der Waals surface area (Å²) in [6.07, 6.45) is -4.62. The third-order valence-electron chi connectivity index (χ3n) is 2.37. The molecule has 0 saturated heterocycles. The summed E-state index contributed by atoms with van der Waals surface area (Å²) < 4.78 is 42.7. The second-order valence-corrected chi connectivity index (χ2v) is 3.89.